The molecule has 0 fully saturated rings. The van der Waals surface area contributed by atoms with Crippen molar-refractivity contribution in [3.8, 4) is 0 Å². The number of fused-ring (bicyclic) bond motifs is 1. The molecule has 0 atom stereocenters. The van der Waals surface area contributed by atoms with Crippen LogP contribution in [0.2, 0.25) is 0 Å². The van der Waals surface area contributed by atoms with Gasteiger partial charge >= 0.3 is 11.1 Å². The van der Waals surface area contributed by atoms with Crippen molar-refractivity contribution in [1.82, 2.24) is 14.5 Å². The Bertz CT molecular complexity index is 787. The van der Waals surface area contributed by atoms with Crippen LogP contribution in [0.4, 0.5) is 0 Å². The van der Waals surface area contributed by atoms with E-state index in [1.54, 1.807) is 25.2 Å². The average Bonchev–Trinajstić information content (AvgIpc) is 2.44. The van der Waals surface area contributed by atoms with Gasteiger partial charge in [-0.15, -0.1) is 0 Å². The Morgan fingerprint density at radius 3 is 2.38 bits per heavy atom. The third kappa shape index (κ3) is 3.04. The first-order valence-corrected chi connectivity index (χ1v) is 6.89. The predicted octanol–water partition coefficient (Wildman–Crippen LogP) is 0.615. The van der Waals surface area contributed by atoms with Gasteiger partial charge in [-0.05, 0) is 26.0 Å². The molecule has 2 rings (SSSR count). The Kier molecular flexibility index (Phi) is 4.26. The van der Waals surface area contributed by atoms with Crippen molar-refractivity contribution in [1.29, 1.82) is 0 Å². The van der Waals surface area contributed by atoms with E-state index in [0.717, 1.165) is 0 Å². The molecule has 21 heavy (non-hydrogen) atoms. The summed E-state index contributed by atoms with van der Waals surface area (Å²) >= 11 is 0. The van der Waals surface area contributed by atoms with Crippen molar-refractivity contribution >= 4 is 16.9 Å². The first-order valence-electron chi connectivity index (χ1n) is 6.89. The average molecular weight is 289 g/mol. The quantitative estimate of drug-likeness (QED) is 0.838. The zero-order valence-electron chi connectivity index (χ0n) is 12.4. The number of amides is 1. The van der Waals surface area contributed by atoms with E-state index >= 15 is 0 Å². The van der Waals surface area contributed by atoms with E-state index < -0.39 is 11.1 Å². The lowest BCUT2D eigenvalue weighted by atomic mass is 10.2. The molecule has 0 unspecified atom stereocenters. The molecule has 1 heterocycles. The molecule has 6 nitrogen and oxygen atoms in total. The number of nitrogens with one attached hydrogen (secondary N) is 1. The summed E-state index contributed by atoms with van der Waals surface area (Å²) in [5.74, 6) is -0.137. The van der Waals surface area contributed by atoms with Gasteiger partial charge in [-0.1, -0.05) is 12.1 Å². The highest BCUT2D eigenvalue weighted by molar-refractivity contribution is 5.77. The van der Waals surface area contributed by atoms with Crippen LogP contribution in [0.5, 0.6) is 0 Å². The topological polar surface area (TPSA) is 73.1 Å². The minimum atomic E-state index is -0.603. The van der Waals surface area contributed by atoms with Crippen LogP contribution in [-0.4, -0.2) is 21.1 Å². The molecule has 2 aromatic rings. The minimum Gasteiger partial charge on any atom is -0.354 e. The standard InChI is InChI=1S/C15H19N3O3/c1-10(2)16-13(19)8-9-18-12-7-5-4-6-11(12)17(3)14(20)15(18)21/h4-7,10H,8-9H2,1-3H3,(H,16,19). The van der Waals surface area contributed by atoms with Crippen molar-refractivity contribution in [2.24, 2.45) is 7.05 Å². The van der Waals surface area contributed by atoms with E-state index in [4.69, 9.17) is 0 Å². The van der Waals surface area contributed by atoms with Gasteiger partial charge in [0.2, 0.25) is 5.91 Å². The predicted molar refractivity (Wildman–Crippen MR) is 81.3 cm³/mol. The molecule has 112 valence electrons. The number of carbonyl (C=O) groups is 1. The van der Waals surface area contributed by atoms with Crippen molar-refractivity contribution in [2.45, 2.75) is 32.9 Å². The van der Waals surface area contributed by atoms with E-state index in [9.17, 15) is 14.4 Å². The van der Waals surface area contributed by atoms with Gasteiger partial charge in [0.05, 0.1) is 11.0 Å². The zero-order chi connectivity index (χ0) is 15.6. The van der Waals surface area contributed by atoms with Crippen molar-refractivity contribution < 1.29 is 4.79 Å². The van der Waals surface area contributed by atoms with E-state index in [1.807, 2.05) is 19.9 Å². The molecule has 0 saturated carbocycles. The van der Waals surface area contributed by atoms with Gasteiger partial charge in [0.25, 0.3) is 0 Å². The summed E-state index contributed by atoms with van der Waals surface area (Å²) in [5, 5.41) is 2.77. The molecular formula is C15H19N3O3. The van der Waals surface area contributed by atoms with Crippen molar-refractivity contribution in [3.63, 3.8) is 0 Å². The maximum Gasteiger partial charge on any atom is 0.316 e. The molecule has 1 N–H and O–H groups in total. The Morgan fingerprint density at radius 1 is 1.14 bits per heavy atom. The van der Waals surface area contributed by atoms with Crippen LogP contribution in [0.25, 0.3) is 11.0 Å². The molecule has 1 amide bonds. The van der Waals surface area contributed by atoms with Gasteiger partial charge < -0.3 is 14.5 Å². The van der Waals surface area contributed by atoms with Gasteiger partial charge in [0, 0.05) is 26.1 Å². The van der Waals surface area contributed by atoms with Crippen LogP contribution in [0, 0.1) is 0 Å². The summed E-state index contributed by atoms with van der Waals surface area (Å²) in [5.41, 5.74) is 0.139. The first kappa shape index (κ1) is 15.0. The lowest BCUT2D eigenvalue weighted by Gasteiger charge is -2.13. The van der Waals surface area contributed by atoms with Gasteiger partial charge in [-0.25, -0.2) is 0 Å². The fourth-order valence-electron chi connectivity index (χ4n) is 2.28. The Morgan fingerprint density at radius 2 is 1.76 bits per heavy atom. The van der Waals surface area contributed by atoms with E-state index in [2.05, 4.69) is 5.32 Å². The number of hydrogen-bond donors (Lipinski definition) is 1. The smallest absolute Gasteiger partial charge is 0.316 e. The molecular weight excluding hydrogens is 270 g/mol. The fraction of sp³-hybridized carbons (Fsp3) is 0.400. The second kappa shape index (κ2) is 5.95. The van der Waals surface area contributed by atoms with E-state index in [1.165, 1.54) is 9.13 Å². The Balaban J connectivity index is 2.42. The summed E-state index contributed by atoms with van der Waals surface area (Å²) < 4.78 is 2.71. The summed E-state index contributed by atoms with van der Waals surface area (Å²) in [6.45, 7) is 3.93. The van der Waals surface area contributed by atoms with Gasteiger partial charge in [0.1, 0.15) is 0 Å². The van der Waals surface area contributed by atoms with Gasteiger partial charge in [-0.3, -0.25) is 14.4 Å². The minimum absolute atomic E-state index is 0.0506. The van der Waals surface area contributed by atoms with Crippen LogP contribution >= 0.6 is 0 Å². The third-order valence-electron chi connectivity index (χ3n) is 3.28. The first-order chi connectivity index (χ1) is 9.91. The fourth-order valence-corrected chi connectivity index (χ4v) is 2.28. The Hall–Kier alpha value is -2.37. The zero-order valence-corrected chi connectivity index (χ0v) is 12.4. The lowest BCUT2D eigenvalue weighted by Crippen LogP contribution is -2.41. The van der Waals surface area contributed by atoms with Gasteiger partial charge in [0.15, 0.2) is 0 Å². The number of hydrogen-bond acceptors (Lipinski definition) is 3. The summed E-state index contributed by atoms with van der Waals surface area (Å²) in [7, 11) is 1.57. The molecule has 0 saturated heterocycles. The molecule has 0 aliphatic heterocycles. The third-order valence-corrected chi connectivity index (χ3v) is 3.28. The van der Waals surface area contributed by atoms with Crippen LogP contribution in [0.1, 0.15) is 20.3 Å². The normalized spacial score (nSPS) is 11.0. The van der Waals surface area contributed by atoms with Crippen LogP contribution in [-0.2, 0) is 18.4 Å². The second-order valence-electron chi connectivity index (χ2n) is 5.28. The summed E-state index contributed by atoms with van der Waals surface area (Å²) in [4.78, 5) is 35.8. The lowest BCUT2D eigenvalue weighted by molar-refractivity contribution is -0.121. The van der Waals surface area contributed by atoms with Crippen LogP contribution in [0.3, 0.4) is 0 Å². The van der Waals surface area contributed by atoms with E-state index in [-0.39, 0.29) is 24.9 Å². The molecule has 0 aliphatic rings. The second-order valence-corrected chi connectivity index (χ2v) is 5.28. The monoisotopic (exact) mass is 289 g/mol. The largest absolute Gasteiger partial charge is 0.354 e. The highest BCUT2D eigenvalue weighted by Gasteiger charge is 2.12. The summed E-state index contributed by atoms with van der Waals surface area (Å²) in [6, 6.07) is 7.21. The SMILES string of the molecule is CC(C)NC(=O)CCn1c(=O)c(=O)n(C)c2ccccc21. The molecule has 0 radical (unpaired) electrons. The van der Waals surface area contributed by atoms with Crippen molar-refractivity contribution in [2.75, 3.05) is 0 Å². The molecule has 0 bridgehead atoms. The highest BCUT2D eigenvalue weighted by atomic mass is 16.2. The number of rotatable bonds is 4. The van der Waals surface area contributed by atoms with Crippen molar-refractivity contribution in [3.05, 3.63) is 45.0 Å². The number of aromatic nitrogens is 2. The summed E-state index contributed by atoms with van der Waals surface area (Å²) in [6.07, 6.45) is 0.162. The Labute approximate surface area is 122 Å². The molecule has 1 aromatic heterocycles. The van der Waals surface area contributed by atoms with Gasteiger partial charge in [-0.2, -0.15) is 0 Å². The molecule has 0 aliphatic carbocycles. The number of aryl methyl sites for hydroxylation is 2. The molecule has 1 aromatic carbocycles. The highest BCUT2D eigenvalue weighted by Crippen LogP contribution is 2.09. The molecule has 6 heteroatoms. The number of carbonyl (C=O) groups excluding carboxylic acids is 1. The number of nitrogens with zero attached hydrogens (tertiary/aromatic N) is 2. The van der Waals surface area contributed by atoms with Crippen LogP contribution in [0.15, 0.2) is 33.9 Å². The maximum absolute atomic E-state index is 12.1. The number of para-hydroxylation sites is 2. The number of benzene rings is 1. The maximum atomic E-state index is 12.1. The molecule has 0 spiro atoms. The van der Waals surface area contributed by atoms with E-state index in [0.29, 0.717) is 11.0 Å². The van der Waals surface area contributed by atoms with Crippen LogP contribution < -0.4 is 16.4 Å².